The molecule has 4 heteroatoms. The van der Waals surface area contributed by atoms with E-state index < -0.39 is 5.97 Å². The van der Waals surface area contributed by atoms with Crippen LogP contribution in [0.25, 0.3) is 0 Å². The quantitative estimate of drug-likeness (QED) is 0.855. The third-order valence-corrected chi connectivity index (χ3v) is 3.41. The van der Waals surface area contributed by atoms with Gasteiger partial charge in [0.2, 0.25) is 0 Å². The van der Waals surface area contributed by atoms with Crippen molar-refractivity contribution in [2.45, 2.75) is 19.6 Å². The van der Waals surface area contributed by atoms with E-state index in [9.17, 15) is 4.79 Å². The Hall–Kier alpha value is -2.33. The molecule has 0 saturated heterocycles. The van der Waals surface area contributed by atoms with E-state index in [1.54, 1.807) is 24.3 Å². The number of aromatic carboxylic acids is 1. The molecule has 0 heterocycles. The van der Waals surface area contributed by atoms with Crippen molar-refractivity contribution in [2.75, 3.05) is 7.05 Å². The highest BCUT2D eigenvalue weighted by molar-refractivity contribution is 5.87. The second-order valence-corrected chi connectivity index (χ2v) is 4.84. The highest BCUT2D eigenvalue weighted by atomic mass is 16.5. The van der Waals surface area contributed by atoms with E-state index in [4.69, 9.17) is 9.84 Å². The van der Waals surface area contributed by atoms with E-state index in [1.165, 1.54) is 0 Å². The Morgan fingerprint density at radius 2 is 1.86 bits per heavy atom. The Morgan fingerprint density at radius 3 is 2.48 bits per heavy atom. The number of nitrogens with one attached hydrogen (secondary N) is 1. The lowest BCUT2D eigenvalue weighted by Crippen LogP contribution is -2.13. The summed E-state index contributed by atoms with van der Waals surface area (Å²) in [6.45, 7) is 2.48. The zero-order chi connectivity index (χ0) is 15.2. The molecular weight excluding hydrogens is 266 g/mol. The van der Waals surface area contributed by atoms with E-state index in [-0.39, 0.29) is 11.6 Å². The van der Waals surface area contributed by atoms with Crippen LogP contribution in [0.15, 0.2) is 48.5 Å². The smallest absolute Gasteiger partial charge is 0.335 e. The minimum atomic E-state index is -0.921. The summed E-state index contributed by atoms with van der Waals surface area (Å²) in [6.07, 6.45) is 0. The average molecular weight is 285 g/mol. The summed E-state index contributed by atoms with van der Waals surface area (Å²) in [7, 11) is 1.91. The number of carbonyl (C=O) groups is 1. The molecule has 1 atom stereocenters. The van der Waals surface area contributed by atoms with Gasteiger partial charge in [-0.25, -0.2) is 4.79 Å². The minimum Gasteiger partial charge on any atom is -0.489 e. The van der Waals surface area contributed by atoms with Crippen molar-refractivity contribution in [3.8, 4) is 5.75 Å². The van der Waals surface area contributed by atoms with E-state index in [2.05, 4.69) is 12.2 Å². The fraction of sp³-hybridized carbons (Fsp3) is 0.235. The Kier molecular flexibility index (Phi) is 4.95. The van der Waals surface area contributed by atoms with Gasteiger partial charge >= 0.3 is 5.97 Å². The number of carboxylic acids is 1. The third-order valence-electron chi connectivity index (χ3n) is 3.41. The molecule has 0 spiro atoms. The van der Waals surface area contributed by atoms with Gasteiger partial charge in [0.15, 0.2) is 0 Å². The maximum Gasteiger partial charge on any atom is 0.335 e. The van der Waals surface area contributed by atoms with Crippen LogP contribution in [-0.2, 0) is 6.61 Å². The van der Waals surface area contributed by atoms with Gasteiger partial charge in [-0.1, -0.05) is 30.3 Å². The highest BCUT2D eigenvalue weighted by Crippen LogP contribution is 2.25. The fourth-order valence-corrected chi connectivity index (χ4v) is 2.03. The lowest BCUT2D eigenvalue weighted by Gasteiger charge is -2.16. The van der Waals surface area contributed by atoms with Crippen molar-refractivity contribution in [3.63, 3.8) is 0 Å². The normalized spacial score (nSPS) is 11.9. The Morgan fingerprint density at radius 1 is 1.19 bits per heavy atom. The topological polar surface area (TPSA) is 58.6 Å². The molecule has 0 fully saturated rings. The summed E-state index contributed by atoms with van der Waals surface area (Å²) in [5.74, 6) is -0.0858. The molecule has 0 radical (unpaired) electrons. The molecule has 0 aromatic heterocycles. The molecule has 2 N–H and O–H groups in total. The summed E-state index contributed by atoms with van der Waals surface area (Å²) >= 11 is 0. The standard InChI is InChI=1S/C17H19NO3/c1-12(18-2)15-5-3-4-6-16(15)21-11-13-7-9-14(10-8-13)17(19)20/h3-10,12,18H,11H2,1-2H3,(H,19,20). The van der Waals surface area contributed by atoms with E-state index in [0.29, 0.717) is 6.61 Å². The molecule has 0 aliphatic rings. The number of carboxylic acid groups (broad SMARTS) is 1. The lowest BCUT2D eigenvalue weighted by molar-refractivity contribution is 0.0697. The first-order chi connectivity index (χ1) is 10.1. The molecule has 0 amide bonds. The molecule has 110 valence electrons. The summed E-state index contributed by atoms with van der Waals surface area (Å²) in [5, 5.41) is 12.1. The van der Waals surface area contributed by atoms with Gasteiger partial charge in [0.25, 0.3) is 0 Å². The molecule has 0 saturated carbocycles. The number of para-hydroxylation sites is 1. The van der Waals surface area contributed by atoms with Crippen LogP contribution in [0.4, 0.5) is 0 Å². The number of hydrogen-bond acceptors (Lipinski definition) is 3. The largest absolute Gasteiger partial charge is 0.489 e. The van der Waals surface area contributed by atoms with Crippen LogP contribution in [-0.4, -0.2) is 18.1 Å². The summed E-state index contributed by atoms with van der Waals surface area (Å²) in [6, 6.07) is 14.8. The second-order valence-electron chi connectivity index (χ2n) is 4.84. The number of rotatable bonds is 6. The molecule has 0 aliphatic carbocycles. The molecule has 2 rings (SSSR count). The molecule has 2 aromatic rings. The van der Waals surface area contributed by atoms with Crippen molar-refractivity contribution in [1.82, 2.24) is 5.32 Å². The number of hydrogen-bond donors (Lipinski definition) is 2. The van der Waals surface area contributed by atoms with Crippen molar-refractivity contribution in [3.05, 3.63) is 65.2 Å². The van der Waals surface area contributed by atoms with Crippen LogP contribution >= 0.6 is 0 Å². The average Bonchev–Trinajstić information content (AvgIpc) is 2.52. The lowest BCUT2D eigenvalue weighted by atomic mass is 10.1. The molecule has 0 bridgehead atoms. The first-order valence-electron chi connectivity index (χ1n) is 6.83. The third kappa shape index (κ3) is 3.83. The molecular formula is C17H19NO3. The van der Waals surface area contributed by atoms with Gasteiger partial charge in [0.05, 0.1) is 5.56 Å². The second kappa shape index (κ2) is 6.90. The van der Waals surface area contributed by atoms with Gasteiger partial charge in [-0.3, -0.25) is 0 Å². The van der Waals surface area contributed by atoms with Crippen LogP contribution in [0.2, 0.25) is 0 Å². The zero-order valence-corrected chi connectivity index (χ0v) is 12.2. The first-order valence-corrected chi connectivity index (χ1v) is 6.83. The highest BCUT2D eigenvalue weighted by Gasteiger charge is 2.09. The van der Waals surface area contributed by atoms with Crippen LogP contribution < -0.4 is 10.1 Å². The van der Waals surface area contributed by atoms with E-state index >= 15 is 0 Å². The summed E-state index contributed by atoms with van der Waals surface area (Å²) < 4.78 is 5.86. The van der Waals surface area contributed by atoms with Crippen molar-refractivity contribution < 1.29 is 14.6 Å². The van der Waals surface area contributed by atoms with Gasteiger partial charge in [0, 0.05) is 11.6 Å². The Balaban J connectivity index is 2.08. The maximum atomic E-state index is 10.8. The first kappa shape index (κ1) is 15.1. The molecule has 21 heavy (non-hydrogen) atoms. The Bertz CT molecular complexity index is 608. The molecule has 0 aliphatic heterocycles. The van der Waals surface area contributed by atoms with Gasteiger partial charge in [-0.2, -0.15) is 0 Å². The van der Waals surface area contributed by atoms with Gasteiger partial charge in [-0.15, -0.1) is 0 Å². The maximum absolute atomic E-state index is 10.8. The van der Waals surface area contributed by atoms with Gasteiger partial charge in [0.1, 0.15) is 12.4 Å². The predicted octanol–water partition coefficient (Wildman–Crippen LogP) is 3.24. The molecule has 4 nitrogen and oxygen atoms in total. The van der Waals surface area contributed by atoms with Gasteiger partial charge in [-0.05, 0) is 37.7 Å². The summed E-state index contributed by atoms with van der Waals surface area (Å²) in [4.78, 5) is 10.8. The molecule has 2 aromatic carbocycles. The number of ether oxygens (including phenoxy) is 1. The van der Waals surface area contributed by atoms with Crippen LogP contribution in [0.1, 0.15) is 34.5 Å². The fourth-order valence-electron chi connectivity index (χ4n) is 2.03. The van der Waals surface area contributed by atoms with E-state index in [1.807, 2.05) is 31.3 Å². The SMILES string of the molecule is CNC(C)c1ccccc1OCc1ccc(C(=O)O)cc1. The minimum absolute atomic E-state index is 0.204. The predicted molar refractivity (Wildman–Crippen MR) is 81.7 cm³/mol. The number of benzene rings is 2. The van der Waals surface area contributed by atoms with E-state index in [0.717, 1.165) is 16.9 Å². The molecule has 1 unspecified atom stereocenters. The van der Waals surface area contributed by atoms with Crippen LogP contribution in [0, 0.1) is 0 Å². The van der Waals surface area contributed by atoms with Crippen molar-refractivity contribution in [1.29, 1.82) is 0 Å². The van der Waals surface area contributed by atoms with Crippen molar-refractivity contribution in [2.24, 2.45) is 0 Å². The Labute approximate surface area is 124 Å². The zero-order valence-electron chi connectivity index (χ0n) is 12.2. The summed E-state index contributed by atoms with van der Waals surface area (Å²) in [5.41, 5.74) is 2.32. The van der Waals surface area contributed by atoms with Crippen LogP contribution in [0.3, 0.4) is 0 Å². The van der Waals surface area contributed by atoms with Gasteiger partial charge < -0.3 is 15.2 Å². The van der Waals surface area contributed by atoms with Crippen molar-refractivity contribution >= 4 is 5.97 Å². The van der Waals surface area contributed by atoms with Crippen LogP contribution in [0.5, 0.6) is 5.75 Å². The monoisotopic (exact) mass is 285 g/mol.